The van der Waals surface area contributed by atoms with Crippen molar-refractivity contribution in [2.45, 2.75) is 6.42 Å². The highest BCUT2D eigenvalue weighted by molar-refractivity contribution is 6.06. The predicted octanol–water partition coefficient (Wildman–Crippen LogP) is 2.14. The van der Waals surface area contributed by atoms with Crippen LogP contribution in [0.5, 0.6) is 0 Å². The van der Waals surface area contributed by atoms with Crippen molar-refractivity contribution in [2.75, 3.05) is 36.4 Å². The van der Waals surface area contributed by atoms with E-state index in [0.29, 0.717) is 55.6 Å². The Bertz CT molecular complexity index is 1290. The molecule has 0 aliphatic carbocycles. The molecule has 1 aliphatic rings. The number of carbonyl (C=O) groups excluding carboxylic acids is 2. The maximum absolute atomic E-state index is 12.9. The Kier molecular flexibility index (Phi) is 6.25. The molecular formula is C25H26N8O2. The van der Waals surface area contributed by atoms with Crippen LogP contribution in [-0.2, 0) is 18.3 Å². The van der Waals surface area contributed by atoms with Gasteiger partial charge in [0.25, 0.3) is 5.91 Å². The third-order valence-corrected chi connectivity index (χ3v) is 6.04. The highest BCUT2D eigenvalue weighted by Crippen LogP contribution is 2.18. The lowest BCUT2D eigenvalue weighted by atomic mass is 10.1. The molecule has 1 N–H and O–H groups in total. The van der Waals surface area contributed by atoms with Gasteiger partial charge in [-0.05, 0) is 35.9 Å². The van der Waals surface area contributed by atoms with E-state index in [0.717, 1.165) is 5.56 Å². The highest BCUT2D eigenvalue weighted by Gasteiger charge is 2.22. The monoisotopic (exact) mass is 470 g/mol. The van der Waals surface area contributed by atoms with Crippen molar-refractivity contribution in [2.24, 2.45) is 7.05 Å². The molecule has 4 aromatic rings. The number of piperazine rings is 1. The summed E-state index contributed by atoms with van der Waals surface area (Å²) in [5, 5.41) is 7.15. The highest BCUT2D eigenvalue weighted by atomic mass is 16.2. The van der Waals surface area contributed by atoms with Crippen molar-refractivity contribution in [3.63, 3.8) is 0 Å². The Balaban J connectivity index is 1.17. The van der Waals surface area contributed by atoms with Gasteiger partial charge in [-0.3, -0.25) is 14.3 Å². The van der Waals surface area contributed by atoms with Crippen LogP contribution < -0.4 is 10.2 Å². The number of hydrogen-bond acceptors (Lipinski definition) is 6. The number of rotatable bonds is 6. The fourth-order valence-electron chi connectivity index (χ4n) is 4.17. The van der Waals surface area contributed by atoms with Crippen LogP contribution >= 0.6 is 0 Å². The van der Waals surface area contributed by atoms with Gasteiger partial charge in [0.15, 0.2) is 0 Å². The third-order valence-electron chi connectivity index (χ3n) is 6.04. The molecule has 3 aromatic heterocycles. The molecule has 0 spiro atoms. The molecular weight excluding hydrogens is 444 g/mol. The third kappa shape index (κ3) is 4.91. The zero-order valence-corrected chi connectivity index (χ0v) is 19.4. The molecule has 2 amide bonds. The molecule has 35 heavy (non-hydrogen) atoms. The van der Waals surface area contributed by atoms with E-state index in [1.54, 1.807) is 36.4 Å². The minimum atomic E-state index is -0.245. The smallest absolute Gasteiger partial charge is 0.261 e. The second kappa shape index (κ2) is 9.80. The zero-order chi connectivity index (χ0) is 24.2. The summed E-state index contributed by atoms with van der Waals surface area (Å²) in [6.45, 7) is 2.69. The quantitative estimate of drug-likeness (QED) is 0.463. The van der Waals surface area contributed by atoms with Crippen molar-refractivity contribution < 1.29 is 9.59 Å². The Hall–Kier alpha value is -4.47. The molecule has 10 heteroatoms. The average Bonchev–Trinajstić information content (AvgIpc) is 3.55. The predicted molar refractivity (Wildman–Crippen MR) is 131 cm³/mol. The Morgan fingerprint density at radius 2 is 1.63 bits per heavy atom. The van der Waals surface area contributed by atoms with E-state index in [1.807, 2.05) is 58.3 Å². The molecule has 1 fully saturated rings. The number of amides is 2. The molecule has 1 aliphatic heterocycles. The summed E-state index contributed by atoms with van der Waals surface area (Å²) < 4.78 is 3.51. The summed E-state index contributed by atoms with van der Waals surface area (Å²) in [6, 6.07) is 13.0. The molecule has 1 saturated heterocycles. The minimum Gasteiger partial charge on any atom is -0.339 e. The van der Waals surface area contributed by atoms with Gasteiger partial charge in [-0.15, -0.1) is 0 Å². The zero-order valence-electron chi connectivity index (χ0n) is 19.4. The minimum absolute atomic E-state index is 0.0853. The van der Waals surface area contributed by atoms with Crippen molar-refractivity contribution >= 4 is 23.5 Å². The van der Waals surface area contributed by atoms with E-state index < -0.39 is 0 Å². The van der Waals surface area contributed by atoms with Crippen LogP contribution in [0, 0.1) is 0 Å². The normalized spacial score (nSPS) is 13.6. The molecule has 0 atom stereocenters. The van der Waals surface area contributed by atoms with E-state index in [1.165, 1.54) is 0 Å². The van der Waals surface area contributed by atoms with Crippen molar-refractivity contribution in [1.29, 1.82) is 0 Å². The lowest BCUT2D eigenvalue weighted by Crippen LogP contribution is -2.49. The molecule has 4 heterocycles. The van der Waals surface area contributed by atoms with E-state index in [-0.39, 0.29) is 11.8 Å². The fraction of sp³-hybridized carbons (Fsp3) is 0.240. The lowest BCUT2D eigenvalue weighted by molar-refractivity contribution is -0.130. The number of anilines is 2. The van der Waals surface area contributed by atoms with E-state index in [9.17, 15) is 9.59 Å². The van der Waals surface area contributed by atoms with Crippen LogP contribution in [0.25, 0.3) is 5.82 Å². The Morgan fingerprint density at radius 3 is 2.31 bits per heavy atom. The van der Waals surface area contributed by atoms with Gasteiger partial charge in [-0.25, -0.2) is 9.97 Å². The molecule has 0 radical (unpaired) electrons. The van der Waals surface area contributed by atoms with Crippen LogP contribution in [0.2, 0.25) is 0 Å². The topological polar surface area (TPSA) is 101 Å². The second-order valence-electron chi connectivity index (χ2n) is 8.34. The van der Waals surface area contributed by atoms with E-state index >= 15 is 0 Å². The summed E-state index contributed by atoms with van der Waals surface area (Å²) in [5.41, 5.74) is 2.03. The van der Waals surface area contributed by atoms with Gasteiger partial charge in [-0.2, -0.15) is 5.10 Å². The number of benzene rings is 1. The number of nitrogens with one attached hydrogen (secondary N) is 1. The van der Waals surface area contributed by atoms with Gasteiger partial charge < -0.3 is 19.7 Å². The largest absolute Gasteiger partial charge is 0.339 e. The molecule has 5 rings (SSSR count). The van der Waals surface area contributed by atoms with Crippen LogP contribution in [0.15, 0.2) is 73.4 Å². The number of aryl methyl sites for hydroxylation is 1. The van der Waals surface area contributed by atoms with Gasteiger partial charge in [-0.1, -0.05) is 12.1 Å². The summed E-state index contributed by atoms with van der Waals surface area (Å²) >= 11 is 0. The number of nitrogens with zero attached hydrogens (tertiary/aromatic N) is 7. The molecule has 0 bridgehead atoms. The maximum Gasteiger partial charge on any atom is 0.261 e. The molecule has 0 unspecified atom stereocenters. The van der Waals surface area contributed by atoms with Gasteiger partial charge in [0.2, 0.25) is 11.9 Å². The van der Waals surface area contributed by atoms with Crippen LogP contribution in [0.3, 0.4) is 0 Å². The van der Waals surface area contributed by atoms with Crippen LogP contribution in [0.1, 0.15) is 15.9 Å². The van der Waals surface area contributed by atoms with Gasteiger partial charge in [0.05, 0.1) is 12.6 Å². The second-order valence-corrected chi connectivity index (χ2v) is 8.34. The summed E-state index contributed by atoms with van der Waals surface area (Å²) in [7, 11) is 1.80. The SMILES string of the molecule is Cn1ncc(C(=O)Nc2ccc(CC(=O)N3CCN(c4ncccn4)CC3)cc2)c1-n1cccc1. The number of hydrogen-bond donors (Lipinski definition) is 1. The van der Waals surface area contributed by atoms with Crippen molar-refractivity contribution in [3.05, 3.63) is 84.6 Å². The Labute approximate surface area is 202 Å². The molecule has 0 saturated carbocycles. The molecule has 10 nitrogen and oxygen atoms in total. The average molecular weight is 471 g/mol. The first kappa shape index (κ1) is 22.3. The first-order valence-corrected chi connectivity index (χ1v) is 11.4. The van der Waals surface area contributed by atoms with Crippen molar-refractivity contribution in [3.8, 4) is 5.82 Å². The van der Waals surface area contributed by atoms with Crippen molar-refractivity contribution in [1.82, 2.24) is 29.2 Å². The fourth-order valence-corrected chi connectivity index (χ4v) is 4.17. The number of carbonyl (C=O) groups is 2. The Morgan fingerprint density at radius 1 is 0.943 bits per heavy atom. The summed E-state index contributed by atoms with van der Waals surface area (Å²) in [4.78, 5) is 38.2. The maximum atomic E-state index is 12.9. The van der Waals surface area contributed by atoms with Gasteiger partial charge in [0, 0.05) is 63.7 Å². The summed E-state index contributed by atoms with van der Waals surface area (Å²) in [5.74, 6) is 1.23. The van der Waals surface area contributed by atoms with Crippen LogP contribution in [0.4, 0.5) is 11.6 Å². The van der Waals surface area contributed by atoms with E-state index in [2.05, 4.69) is 25.3 Å². The first-order chi connectivity index (χ1) is 17.1. The summed E-state index contributed by atoms with van der Waals surface area (Å²) in [6.07, 6.45) is 9.06. The molecule has 1 aromatic carbocycles. The first-order valence-electron chi connectivity index (χ1n) is 11.4. The van der Waals surface area contributed by atoms with Crippen LogP contribution in [-0.4, -0.2) is 67.2 Å². The molecule has 178 valence electrons. The number of aromatic nitrogens is 5. The van der Waals surface area contributed by atoms with Gasteiger partial charge in [0.1, 0.15) is 11.4 Å². The lowest BCUT2D eigenvalue weighted by Gasteiger charge is -2.34. The standard InChI is InChI=1S/C25H26N8O2/c1-30-24(32-11-2-3-12-32)21(18-28-30)23(35)29-20-7-5-19(6-8-20)17-22(34)31-13-15-33(16-14-31)25-26-9-4-10-27-25/h2-12,18H,13-17H2,1H3,(H,29,35). The van der Waals surface area contributed by atoms with E-state index in [4.69, 9.17) is 0 Å². The van der Waals surface area contributed by atoms with Gasteiger partial charge >= 0.3 is 0 Å².